The summed E-state index contributed by atoms with van der Waals surface area (Å²) in [5, 5.41) is 17.9. The summed E-state index contributed by atoms with van der Waals surface area (Å²) in [6, 6.07) is 14.6. The third-order valence-electron chi connectivity index (χ3n) is 4.83. The van der Waals surface area contributed by atoms with Gasteiger partial charge in [0.2, 0.25) is 11.8 Å². The van der Waals surface area contributed by atoms with E-state index >= 15 is 0 Å². The van der Waals surface area contributed by atoms with Gasteiger partial charge in [-0.3, -0.25) is 9.59 Å². The fraction of sp³-hybridized carbons (Fsp3) is 0.227. The highest BCUT2D eigenvalue weighted by Crippen LogP contribution is 2.27. The second kappa shape index (κ2) is 9.82. The van der Waals surface area contributed by atoms with E-state index in [4.69, 9.17) is 5.73 Å². The van der Waals surface area contributed by atoms with Gasteiger partial charge in [-0.1, -0.05) is 42.5 Å². The minimum atomic E-state index is -1.16. The molecule has 2 aromatic carbocycles. The van der Waals surface area contributed by atoms with Crippen molar-refractivity contribution < 1.29 is 24.8 Å². The summed E-state index contributed by atoms with van der Waals surface area (Å²) < 4.78 is 0. The number of carbonyl (C=O) groups excluding carboxylic acids is 2. The van der Waals surface area contributed by atoms with Crippen molar-refractivity contribution >= 4 is 29.0 Å². The fourth-order valence-electron chi connectivity index (χ4n) is 3.31. The first-order valence-corrected chi connectivity index (χ1v) is 9.59. The van der Waals surface area contributed by atoms with Gasteiger partial charge in [0.15, 0.2) is 11.9 Å². The quantitative estimate of drug-likeness (QED) is 0.387. The number of carbonyl (C=O) groups is 3. The molecule has 0 spiro atoms. The lowest BCUT2D eigenvalue weighted by molar-refractivity contribution is -0.491. The van der Waals surface area contributed by atoms with Crippen molar-refractivity contribution in [3.63, 3.8) is 0 Å². The summed E-state index contributed by atoms with van der Waals surface area (Å²) in [4.78, 5) is 36.5. The van der Waals surface area contributed by atoms with Gasteiger partial charge in [0, 0.05) is 30.0 Å². The number of benzene rings is 2. The molecule has 2 amide bonds. The zero-order valence-corrected chi connectivity index (χ0v) is 16.3. The molecule has 3 rings (SSSR count). The molecule has 1 radical (unpaired) electrons. The van der Waals surface area contributed by atoms with Crippen LogP contribution in [-0.2, 0) is 20.8 Å². The zero-order chi connectivity index (χ0) is 21.5. The maximum absolute atomic E-state index is 12.9. The summed E-state index contributed by atoms with van der Waals surface area (Å²) >= 11 is 0. The van der Waals surface area contributed by atoms with Crippen molar-refractivity contribution in [1.82, 2.24) is 10.6 Å². The largest absolute Gasteiger partial charge is 0.480 e. The third-order valence-corrected chi connectivity index (χ3v) is 4.83. The van der Waals surface area contributed by atoms with E-state index in [0.29, 0.717) is 0 Å². The zero-order valence-electron chi connectivity index (χ0n) is 16.3. The fourth-order valence-corrected chi connectivity index (χ4v) is 3.31. The van der Waals surface area contributed by atoms with E-state index in [1.165, 1.54) is 0 Å². The SMILES string of the molecule is NCC(=O)N[C@@H](Cc1ccccc1)C(=O)N[C@@H](CC1=C[NH+]c2ccccc21)C(=O)O. The van der Waals surface area contributed by atoms with Crippen LogP contribution in [0.5, 0.6) is 0 Å². The molecule has 30 heavy (non-hydrogen) atoms. The van der Waals surface area contributed by atoms with E-state index in [1.54, 1.807) is 6.20 Å². The van der Waals surface area contributed by atoms with Crippen molar-refractivity contribution in [3.8, 4) is 0 Å². The van der Waals surface area contributed by atoms with Gasteiger partial charge in [-0.25, -0.2) is 4.79 Å². The first-order chi connectivity index (χ1) is 14.5. The van der Waals surface area contributed by atoms with Crippen molar-refractivity contribution in [3.05, 3.63) is 71.9 Å². The summed E-state index contributed by atoms with van der Waals surface area (Å²) in [5.41, 5.74) is 8.77. The van der Waals surface area contributed by atoms with Crippen LogP contribution in [0.2, 0.25) is 0 Å². The number of aliphatic carboxylic acids is 1. The molecule has 0 saturated heterocycles. The van der Waals surface area contributed by atoms with Crippen LogP contribution >= 0.6 is 0 Å². The van der Waals surface area contributed by atoms with Crippen LogP contribution in [0.15, 0.2) is 60.8 Å². The van der Waals surface area contributed by atoms with Gasteiger partial charge in [-0.2, -0.15) is 0 Å². The van der Waals surface area contributed by atoms with Crippen LogP contribution in [0.1, 0.15) is 17.5 Å². The van der Waals surface area contributed by atoms with E-state index < -0.39 is 29.9 Å². The number of nitrogens with two attached hydrogens (primary N) is 1. The van der Waals surface area contributed by atoms with Crippen molar-refractivity contribution in [2.75, 3.05) is 6.54 Å². The highest BCUT2D eigenvalue weighted by molar-refractivity contribution is 5.92. The Morgan fingerprint density at radius 1 is 0.933 bits per heavy atom. The summed E-state index contributed by atoms with van der Waals surface area (Å²) in [5.74, 6) is -2.22. The van der Waals surface area contributed by atoms with E-state index in [-0.39, 0.29) is 19.4 Å². The molecule has 1 aliphatic heterocycles. The number of amides is 2. The Morgan fingerprint density at radius 2 is 1.63 bits per heavy atom. The van der Waals surface area contributed by atoms with Crippen LogP contribution in [-0.4, -0.2) is 41.5 Å². The summed E-state index contributed by atoms with van der Waals surface area (Å²) in [6.45, 7) is -0.268. The number of hydrogen-bond donors (Lipinski definition) is 5. The Hall–Kier alpha value is -3.49. The Balaban J connectivity index is 1.72. The molecule has 0 unspecified atom stereocenters. The van der Waals surface area contributed by atoms with Crippen molar-refractivity contribution in [2.45, 2.75) is 24.9 Å². The van der Waals surface area contributed by atoms with Crippen LogP contribution in [0.3, 0.4) is 0 Å². The van der Waals surface area contributed by atoms with E-state index in [2.05, 4.69) is 16.0 Å². The first-order valence-electron chi connectivity index (χ1n) is 9.59. The molecule has 8 nitrogen and oxygen atoms in total. The normalized spacial score (nSPS) is 14.2. The minimum absolute atomic E-state index is 0.105. The number of nitrogens with one attached hydrogen (secondary N) is 3. The molecule has 6 N–H and O–H groups in total. The number of fused-ring (bicyclic) bond motifs is 1. The maximum Gasteiger partial charge on any atom is 0.326 e. The third kappa shape index (κ3) is 5.31. The molecule has 2 aromatic rings. The molecule has 1 aliphatic rings. The van der Waals surface area contributed by atoms with Gasteiger partial charge in [-0.05, 0) is 11.6 Å². The average Bonchev–Trinajstić information content (AvgIpc) is 3.16. The van der Waals surface area contributed by atoms with Gasteiger partial charge >= 0.3 is 5.97 Å². The number of anilines is 1. The molecule has 0 aliphatic carbocycles. The lowest BCUT2D eigenvalue weighted by atomic mass is 9.99. The van der Waals surface area contributed by atoms with Gasteiger partial charge in [0.05, 0.1) is 6.54 Å². The molecule has 0 aromatic heterocycles. The van der Waals surface area contributed by atoms with Crippen LogP contribution in [0.25, 0.3) is 5.57 Å². The van der Waals surface area contributed by atoms with Gasteiger partial charge < -0.3 is 21.5 Å². The predicted molar refractivity (Wildman–Crippen MR) is 110 cm³/mol. The molecule has 1 heterocycles. The number of hydrogen-bond acceptors (Lipinski definition) is 5. The minimum Gasteiger partial charge on any atom is -0.480 e. The number of carboxylic acid groups (broad SMARTS) is 1. The maximum atomic E-state index is 12.9. The summed E-state index contributed by atoms with van der Waals surface area (Å²) in [7, 11) is 0. The molecular formula is C22H24N4O4+. The van der Waals surface area contributed by atoms with Crippen molar-refractivity contribution in [1.29, 1.82) is 0 Å². The van der Waals surface area contributed by atoms with Crippen molar-refractivity contribution in [2.24, 2.45) is 5.73 Å². The van der Waals surface area contributed by atoms with Gasteiger partial charge in [-0.15, -0.1) is 5.32 Å². The lowest BCUT2D eigenvalue weighted by Crippen LogP contribution is -2.69. The second-order valence-corrected chi connectivity index (χ2v) is 6.98. The van der Waals surface area contributed by atoms with Crippen LogP contribution in [0.4, 0.5) is 5.69 Å². The highest BCUT2D eigenvalue weighted by Gasteiger charge is 2.30. The summed E-state index contributed by atoms with van der Waals surface area (Å²) in [6.07, 6.45) is 2.07. The van der Waals surface area contributed by atoms with E-state index in [9.17, 15) is 19.5 Å². The Labute approximate surface area is 174 Å². The lowest BCUT2D eigenvalue weighted by Gasteiger charge is -2.21. The highest BCUT2D eigenvalue weighted by atomic mass is 16.4. The molecule has 8 heteroatoms. The molecule has 0 fully saturated rings. The Bertz CT molecular complexity index is 959. The average molecular weight is 408 g/mol. The monoisotopic (exact) mass is 408 g/mol. The molecule has 2 atom stereocenters. The smallest absolute Gasteiger partial charge is 0.326 e. The molecular weight excluding hydrogens is 384 g/mol. The topological polar surface area (TPSA) is 137 Å². The predicted octanol–water partition coefficient (Wildman–Crippen LogP) is -0.332. The Morgan fingerprint density at radius 3 is 2.33 bits per heavy atom. The first kappa shape index (κ1) is 21.2. The molecule has 0 bridgehead atoms. The number of para-hydroxylation sites is 1. The standard InChI is InChI=1S/C22H24N4O4/c23-12-20(27)25-18(10-14-6-2-1-3-7-14)21(28)26-19(22(29)30)11-15-13-24-17-9-5-4-8-16(15)17/h1-9,13,18-19,24H,10-12,23H2,(H,25,27)(H,26,28)(H,29,30)/q+1/t18-,19-/m0/s1. The van der Waals surface area contributed by atoms with E-state index in [0.717, 1.165) is 22.4 Å². The number of carboxylic acids is 1. The molecule has 0 saturated carbocycles. The van der Waals surface area contributed by atoms with Crippen LogP contribution in [0, 0.1) is 0 Å². The number of rotatable bonds is 9. The van der Waals surface area contributed by atoms with Gasteiger partial charge in [0.1, 0.15) is 12.1 Å². The van der Waals surface area contributed by atoms with Gasteiger partial charge in [0.25, 0.3) is 0 Å². The Kier molecular flexibility index (Phi) is 6.95. The van der Waals surface area contributed by atoms with E-state index in [1.807, 2.05) is 54.6 Å². The second-order valence-electron chi connectivity index (χ2n) is 6.98. The molecule has 155 valence electrons. The van der Waals surface area contributed by atoms with Crippen LogP contribution < -0.4 is 21.7 Å².